The molecule has 0 saturated heterocycles. The van der Waals surface area contributed by atoms with Crippen molar-refractivity contribution in [1.29, 1.82) is 0 Å². The molecule has 0 aliphatic carbocycles. The zero-order valence-corrected chi connectivity index (χ0v) is 8.05. The Hall–Kier alpha value is -1.59. The average molecular weight is 219 g/mol. The summed E-state index contributed by atoms with van der Waals surface area (Å²) in [5.74, 6) is -0.885. The summed E-state index contributed by atoms with van der Waals surface area (Å²) in [6.45, 7) is 1.38. The molecule has 1 heterocycles. The van der Waals surface area contributed by atoms with E-state index in [-0.39, 0.29) is 11.4 Å². The number of ether oxygens (including phenoxy) is 1. The molecule has 6 heteroatoms. The maximum Gasteiger partial charge on any atom is 0.416 e. The first-order valence-electron chi connectivity index (χ1n) is 3.99. The largest absolute Gasteiger partial charge is 0.464 e. The van der Waals surface area contributed by atoms with Crippen molar-refractivity contribution in [2.45, 2.75) is 13.1 Å². The number of halogens is 3. The number of carbonyl (C=O) groups excluding carboxylic acids is 1. The van der Waals surface area contributed by atoms with Crippen molar-refractivity contribution in [2.75, 3.05) is 7.11 Å². The normalized spacial score (nSPS) is 11.3. The molecule has 0 fully saturated rings. The summed E-state index contributed by atoms with van der Waals surface area (Å²) < 4.78 is 41.3. The van der Waals surface area contributed by atoms with Crippen molar-refractivity contribution in [1.82, 2.24) is 4.98 Å². The number of nitrogens with zero attached hydrogens (tertiary/aromatic N) is 1. The third-order valence-electron chi connectivity index (χ3n) is 1.68. The van der Waals surface area contributed by atoms with Crippen LogP contribution in [0.1, 0.15) is 21.7 Å². The van der Waals surface area contributed by atoms with Crippen LogP contribution in [0.4, 0.5) is 13.2 Å². The van der Waals surface area contributed by atoms with Crippen LogP contribution >= 0.6 is 0 Å². The predicted molar refractivity (Wildman–Crippen MR) is 45.3 cm³/mol. The number of aryl methyl sites for hydroxylation is 1. The van der Waals surface area contributed by atoms with Gasteiger partial charge in [-0.3, -0.25) is 0 Å². The Kier molecular flexibility index (Phi) is 2.97. The third kappa shape index (κ3) is 2.68. The lowest BCUT2D eigenvalue weighted by atomic mass is 10.2. The minimum absolute atomic E-state index is 0.116. The highest BCUT2D eigenvalue weighted by Crippen LogP contribution is 2.29. The number of carbonyl (C=O) groups is 1. The van der Waals surface area contributed by atoms with Crippen molar-refractivity contribution >= 4 is 5.97 Å². The van der Waals surface area contributed by atoms with E-state index in [9.17, 15) is 18.0 Å². The average Bonchev–Trinajstić information content (AvgIpc) is 2.14. The molecule has 0 bridgehead atoms. The van der Waals surface area contributed by atoms with Gasteiger partial charge in [0.1, 0.15) is 5.69 Å². The fourth-order valence-electron chi connectivity index (χ4n) is 1.04. The van der Waals surface area contributed by atoms with E-state index in [2.05, 4.69) is 9.72 Å². The van der Waals surface area contributed by atoms with Gasteiger partial charge in [0.15, 0.2) is 0 Å². The Morgan fingerprint density at radius 1 is 1.40 bits per heavy atom. The maximum atomic E-state index is 12.3. The predicted octanol–water partition coefficient (Wildman–Crippen LogP) is 2.20. The van der Waals surface area contributed by atoms with Crippen molar-refractivity contribution in [3.05, 3.63) is 29.1 Å². The summed E-state index contributed by atoms with van der Waals surface area (Å²) >= 11 is 0. The zero-order chi connectivity index (χ0) is 11.6. The molecular formula is C9H8F3NO2. The lowest BCUT2D eigenvalue weighted by Gasteiger charge is -2.08. The number of rotatable bonds is 1. The molecule has 0 radical (unpaired) electrons. The molecule has 0 N–H and O–H groups in total. The number of hydrogen-bond acceptors (Lipinski definition) is 3. The second-order valence-electron chi connectivity index (χ2n) is 2.87. The minimum Gasteiger partial charge on any atom is -0.464 e. The van der Waals surface area contributed by atoms with E-state index in [0.717, 1.165) is 13.2 Å². The zero-order valence-electron chi connectivity index (χ0n) is 8.05. The van der Waals surface area contributed by atoms with Gasteiger partial charge < -0.3 is 4.74 Å². The van der Waals surface area contributed by atoms with Gasteiger partial charge in [0, 0.05) is 5.69 Å². The van der Waals surface area contributed by atoms with E-state index in [1.165, 1.54) is 6.92 Å². The molecule has 0 saturated carbocycles. The standard InChI is InChI=1S/C9H8F3NO2/c1-5-3-6(9(10,11)12)4-7(13-5)8(14)15-2/h3-4H,1-2H3. The smallest absolute Gasteiger partial charge is 0.416 e. The van der Waals surface area contributed by atoms with Gasteiger partial charge in [0.2, 0.25) is 0 Å². The molecule has 0 amide bonds. The van der Waals surface area contributed by atoms with E-state index in [1.54, 1.807) is 0 Å². The van der Waals surface area contributed by atoms with E-state index in [4.69, 9.17) is 0 Å². The second kappa shape index (κ2) is 3.88. The van der Waals surface area contributed by atoms with Crippen LogP contribution in [0.3, 0.4) is 0 Å². The lowest BCUT2D eigenvalue weighted by Crippen LogP contribution is -2.11. The lowest BCUT2D eigenvalue weighted by molar-refractivity contribution is -0.137. The van der Waals surface area contributed by atoms with Gasteiger partial charge in [0.25, 0.3) is 0 Å². The van der Waals surface area contributed by atoms with E-state index >= 15 is 0 Å². The van der Waals surface area contributed by atoms with Gasteiger partial charge >= 0.3 is 12.1 Å². The highest BCUT2D eigenvalue weighted by molar-refractivity contribution is 5.87. The first kappa shape index (κ1) is 11.5. The van der Waals surface area contributed by atoms with Gasteiger partial charge in [-0.05, 0) is 19.1 Å². The van der Waals surface area contributed by atoms with Crippen LogP contribution in [0, 0.1) is 6.92 Å². The van der Waals surface area contributed by atoms with Gasteiger partial charge in [-0.25, -0.2) is 9.78 Å². The summed E-state index contributed by atoms with van der Waals surface area (Å²) in [5.41, 5.74) is -1.13. The highest BCUT2D eigenvalue weighted by atomic mass is 19.4. The first-order chi connectivity index (χ1) is 6.84. The van der Waals surface area contributed by atoms with Crippen LogP contribution in [0.5, 0.6) is 0 Å². The summed E-state index contributed by atoms with van der Waals surface area (Å²) in [6, 6.07) is 1.53. The number of methoxy groups -OCH3 is 1. The molecule has 1 aromatic rings. The fourth-order valence-corrected chi connectivity index (χ4v) is 1.04. The van der Waals surface area contributed by atoms with Crippen molar-refractivity contribution in [2.24, 2.45) is 0 Å². The molecule has 0 aromatic carbocycles. The number of esters is 1. The Morgan fingerprint density at radius 2 is 2.00 bits per heavy atom. The van der Waals surface area contributed by atoms with E-state index < -0.39 is 17.7 Å². The van der Waals surface area contributed by atoms with E-state index in [0.29, 0.717) is 6.07 Å². The van der Waals surface area contributed by atoms with Crippen LogP contribution in [0.2, 0.25) is 0 Å². The summed E-state index contributed by atoms with van der Waals surface area (Å²) in [6.07, 6.45) is -4.49. The molecule has 15 heavy (non-hydrogen) atoms. The third-order valence-corrected chi connectivity index (χ3v) is 1.68. The molecule has 0 aliphatic rings. The SMILES string of the molecule is COC(=O)c1cc(C(F)(F)F)cc(C)n1. The summed E-state index contributed by atoms with van der Waals surface area (Å²) in [5, 5.41) is 0. The molecule has 0 atom stereocenters. The molecule has 1 rings (SSSR count). The fraction of sp³-hybridized carbons (Fsp3) is 0.333. The number of pyridine rings is 1. The quantitative estimate of drug-likeness (QED) is 0.679. The maximum absolute atomic E-state index is 12.3. The number of aromatic nitrogens is 1. The molecule has 3 nitrogen and oxygen atoms in total. The number of alkyl halides is 3. The Labute approximate surface area is 83.9 Å². The Balaban J connectivity index is 3.23. The summed E-state index contributed by atoms with van der Waals surface area (Å²) in [7, 11) is 1.08. The molecule has 0 aliphatic heterocycles. The minimum atomic E-state index is -4.49. The summed E-state index contributed by atoms with van der Waals surface area (Å²) in [4.78, 5) is 14.6. The van der Waals surface area contributed by atoms with Gasteiger partial charge in [-0.2, -0.15) is 13.2 Å². The van der Waals surface area contributed by atoms with Gasteiger partial charge in [0.05, 0.1) is 12.7 Å². The molecule has 1 aromatic heterocycles. The van der Waals surface area contributed by atoms with Gasteiger partial charge in [-0.1, -0.05) is 0 Å². The monoisotopic (exact) mass is 219 g/mol. The molecule has 0 unspecified atom stereocenters. The molecule has 82 valence electrons. The topological polar surface area (TPSA) is 39.2 Å². The van der Waals surface area contributed by atoms with Crippen LogP contribution in [0.15, 0.2) is 12.1 Å². The van der Waals surface area contributed by atoms with Crippen LogP contribution < -0.4 is 0 Å². The van der Waals surface area contributed by atoms with Crippen LogP contribution in [0.25, 0.3) is 0 Å². The van der Waals surface area contributed by atoms with Gasteiger partial charge in [-0.15, -0.1) is 0 Å². The van der Waals surface area contributed by atoms with Crippen LogP contribution in [-0.2, 0) is 10.9 Å². The molecule has 0 spiro atoms. The Morgan fingerprint density at radius 3 is 2.47 bits per heavy atom. The second-order valence-corrected chi connectivity index (χ2v) is 2.87. The van der Waals surface area contributed by atoms with Crippen molar-refractivity contribution in [3.8, 4) is 0 Å². The first-order valence-corrected chi connectivity index (χ1v) is 3.99. The number of hydrogen-bond donors (Lipinski definition) is 0. The highest BCUT2D eigenvalue weighted by Gasteiger charge is 2.32. The van der Waals surface area contributed by atoms with E-state index in [1.807, 2.05) is 0 Å². The van der Waals surface area contributed by atoms with Crippen molar-refractivity contribution < 1.29 is 22.7 Å². The molecular weight excluding hydrogens is 211 g/mol. The van der Waals surface area contributed by atoms with Crippen molar-refractivity contribution in [3.63, 3.8) is 0 Å². The Bertz CT molecular complexity index is 387. The van der Waals surface area contributed by atoms with Crippen LogP contribution in [-0.4, -0.2) is 18.1 Å².